The van der Waals surface area contributed by atoms with Crippen LogP contribution in [0.3, 0.4) is 0 Å². The second kappa shape index (κ2) is 13.0. The van der Waals surface area contributed by atoms with Gasteiger partial charge in [-0.05, 0) is 29.2 Å². The molecule has 0 heterocycles. The number of hydrogen-bond acceptors (Lipinski definition) is 3. The first kappa shape index (κ1) is 23.7. The summed E-state index contributed by atoms with van der Waals surface area (Å²) in [4.78, 5) is 16.2. The van der Waals surface area contributed by atoms with Crippen molar-refractivity contribution in [2.45, 2.75) is 19.4 Å². The summed E-state index contributed by atoms with van der Waals surface area (Å²) >= 11 is 0. The third kappa shape index (κ3) is 8.16. The zero-order valence-corrected chi connectivity index (χ0v) is 18.9. The summed E-state index contributed by atoms with van der Waals surface area (Å²) in [5, 5.41) is 9.17. The van der Waals surface area contributed by atoms with E-state index in [0.717, 1.165) is 17.9 Å². The minimum absolute atomic E-state index is 0. The number of amides is 1. The third-order valence-electron chi connectivity index (χ3n) is 4.23. The molecular weight excluding hydrogens is 467 g/mol. The fraction of sp³-hybridized carbons (Fsp3) is 0.333. The molecule has 0 bridgehead atoms. The minimum atomic E-state index is -0.0927. The van der Waals surface area contributed by atoms with Gasteiger partial charge in [0, 0.05) is 20.1 Å². The van der Waals surface area contributed by atoms with Crippen LogP contribution in [0, 0.1) is 0 Å². The van der Waals surface area contributed by atoms with Gasteiger partial charge in [0.25, 0.3) is 0 Å². The number of nitrogens with zero attached hydrogens (tertiary/aromatic N) is 1. The summed E-state index contributed by atoms with van der Waals surface area (Å²) < 4.78 is 5.12. The van der Waals surface area contributed by atoms with Gasteiger partial charge in [-0.2, -0.15) is 0 Å². The molecule has 28 heavy (non-hydrogen) atoms. The number of halogens is 1. The molecule has 0 aromatic heterocycles. The van der Waals surface area contributed by atoms with Crippen molar-refractivity contribution in [2.75, 3.05) is 27.2 Å². The lowest BCUT2D eigenvalue weighted by Gasteiger charge is -2.16. The normalized spacial score (nSPS) is 11.8. The number of aliphatic imine (C=N–C) groups is 1. The van der Waals surface area contributed by atoms with Crippen molar-refractivity contribution in [3.8, 4) is 5.75 Å². The lowest BCUT2D eigenvalue weighted by Crippen LogP contribution is -2.43. The molecule has 1 unspecified atom stereocenters. The number of guanidine groups is 1. The molecule has 0 aliphatic rings. The lowest BCUT2D eigenvalue weighted by molar-refractivity contribution is -0.120. The number of carbonyl (C=O) groups excluding carboxylic acids is 1. The van der Waals surface area contributed by atoms with Crippen LogP contribution in [0.15, 0.2) is 59.6 Å². The van der Waals surface area contributed by atoms with Gasteiger partial charge in [-0.15, -0.1) is 24.0 Å². The van der Waals surface area contributed by atoms with E-state index in [1.54, 1.807) is 14.2 Å². The zero-order valence-electron chi connectivity index (χ0n) is 16.6. The SMILES string of the molecule is CN=C(NCC(=O)NCc1ccc(OC)cc1)NCC(C)c1ccccc1.I. The van der Waals surface area contributed by atoms with Gasteiger partial charge in [-0.1, -0.05) is 49.4 Å². The highest BCUT2D eigenvalue weighted by atomic mass is 127. The highest BCUT2D eigenvalue weighted by molar-refractivity contribution is 14.0. The summed E-state index contributed by atoms with van der Waals surface area (Å²) in [7, 11) is 3.32. The van der Waals surface area contributed by atoms with E-state index in [1.165, 1.54) is 5.56 Å². The Balaban J connectivity index is 0.00000392. The van der Waals surface area contributed by atoms with Gasteiger partial charge in [-0.25, -0.2) is 0 Å². The van der Waals surface area contributed by atoms with Crippen LogP contribution in [0.1, 0.15) is 24.0 Å². The molecule has 6 nitrogen and oxygen atoms in total. The maximum Gasteiger partial charge on any atom is 0.239 e. The first-order valence-electron chi connectivity index (χ1n) is 9.01. The molecule has 0 aliphatic heterocycles. The van der Waals surface area contributed by atoms with E-state index in [4.69, 9.17) is 4.74 Å². The first-order valence-corrected chi connectivity index (χ1v) is 9.01. The van der Waals surface area contributed by atoms with Gasteiger partial charge in [0.05, 0.1) is 13.7 Å². The number of benzene rings is 2. The molecule has 0 aliphatic carbocycles. The smallest absolute Gasteiger partial charge is 0.239 e. The Labute approximate surface area is 184 Å². The molecular formula is C21H29IN4O2. The lowest BCUT2D eigenvalue weighted by atomic mass is 10.0. The van der Waals surface area contributed by atoms with Gasteiger partial charge < -0.3 is 20.7 Å². The Bertz CT molecular complexity index is 736. The number of rotatable bonds is 8. The molecule has 0 fully saturated rings. The van der Waals surface area contributed by atoms with Crippen LogP contribution in [0.4, 0.5) is 0 Å². The molecule has 2 aromatic carbocycles. The Morgan fingerprint density at radius 1 is 1.04 bits per heavy atom. The minimum Gasteiger partial charge on any atom is -0.497 e. The van der Waals surface area contributed by atoms with Crippen LogP contribution in [-0.2, 0) is 11.3 Å². The van der Waals surface area contributed by atoms with E-state index in [2.05, 4.69) is 40.0 Å². The van der Waals surface area contributed by atoms with Gasteiger partial charge in [0.2, 0.25) is 5.91 Å². The molecule has 152 valence electrons. The van der Waals surface area contributed by atoms with Crippen molar-refractivity contribution in [3.63, 3.8) is 0 Å². The quantitative estimate of drug-likeness (QED) is 0.299. The molecule has 2 rings (SSSR count). The molecule has 3 N–H and O–H groups in total. The van der Waals surface area contributed by atoms with E-state index < -0.39 is 0 Å². The van der Waals surface area contributed by atoms with E-state index in [1.807, 2.05) is 42.5 Å². The Morgan fingerprint density at radius 3 is 2.32 bits per heavy atom. The van der Waals surface area contributed by atoms with Gasteiger partial charge in [0.1, 0.15) is 5.75 Å². The van der Waals surface area contributed by atoms with Crippen LogP contribution >= 0.6 is 24.0 Å². The van der Waals surface area contributed by atoms with E-state index in [0.29, 0.717) is 18.4 Å². The van der Waals surface area contributed by atoms with Crippen LogP contribution in [0.25, 0.3) is 0 Å². The summed E-state index contributed by atoms with van der Waals surface area (Å²) in [5.41, 5.74) is 2.28. The Kier molecular flexibility index (Phi) is 11.0. The van der Waals surface area contributed by atoms with Gasteiger partial charge >= 0.3 is 0 Å². The van der Waals surface area contributed by atoms with E-state index in [-0.39, 0.29) is 36.4 Å². The van der Waals surface area contributed by atoms with Crippen molar-refractivity contribution in [1.29, 1.82) is 0 Å². The van der Waals surface area contributed by atoms with Crippen molar-refractivity contribution in [1.82, 2.24) is 16.0 Å². The van der Waals surface area contributed by atoms with Crippen molar-refractivity contribution < 1.29 is 9.53 Å². The summed E-state index contributed by atoms with van der Waals surface area (Å²) in [5.74, 6) is 1.65. The fourth-order valence-electron chi connectivity index (χ4n) is 2.54. The number of methoxy groups -OCH3 is 1. The maximum absolute atomic E-state index is 12.0. The van der Waals surface area contributed by atoms with Crippen molar-refractivity contribution in [2.24, 2.45) is 4.99 Å². The zero-order chi connectivity index (χ0) is 19.5. The average Bonchev–Trinajstić information content (AvgIpc) is 2.73. The highest BCUT2D eigenvalue weighted by Crippen LogP contribution is 2.13. The molecule has 0 radical (unpaired) electrons. The van der Waals surface area contributed by atoms with Crippen molar-refractivity contribution >= 4 is 35.8 Å². The number of carbonyl (C=O) groups is 1. The van der Waals surface area contributed by atoms with Gasteiger partial charge in [-0.3, -0.25) is 9.79 Å². The van der Waals surface area contributed by atoms with Crippen molar-refractivity contribution in [3.05, 3.63) is 65.7 Å². The number of ether oxygens (including phenoxy) is 1. The van der Waals surface area contributed by atoms with Gasteiger partial charge in [0.15, 0.2) is 5.96 Å². The Hall–Kier alpha value is -2.29. The Morgan fingerprint density at radius 2 is 1.71 bits per heavy atom. The molecule has 0 saturated heterocycles. The second-order valence-corrected chi connectivity index (χ2v) is 6.24. The van der Waals surface area contributed by atoms with Crippen LogP contribution in [-0.4, -0.2) is 39.1 Å². The monoisotopic (exact) mass is 496 g/mol. The highest BCUT2D eigenvalue weighted by Gasteiger charge is 2.07. The van der Waals surface area contributed by atoms with Crippen LogP contribution in [0.2, 0.25) is 0 Å². The molecule has 1 amide bonds. The maximum atomic E-state index is 12.0. The second-order valence-electron chi connectivity index (χ2n) is 6.24. The van der Waals surface area contributed by atoms with E-state index in [9.17, 15) is 4.79 Å². The molecule has 0 spiro atoms. The fourth-order valence-corrected chi connectivity index (χ4v) is 2.54. The molecule has 2 aromatic rings. The van der Waals surface area contributed by atoms with Crippen LogP contribution < -0.4 is 20.7 Å². The predicted octanol–water partition coefficient (Wildman–Crippen LogP) is 2.90. The standard InChI is InChI=1S/C21H28N4O2.HI/c1-16(18-7-5-4-6-8-18)13-24-21(22-2)25-15-20(26)23-14-17-9-11-19(27-3)12-10-17;/h4-12,16H,13-15H2,1-3H3,(H,23,26)(H2,22,24,25);1H. The summed E-state index contributed by atoms with van der Waals surface area (Å²) in [6.07, 6.45) is 0. The molecule has 1 atom stereocenters. The third-order valence-corrected chi connectivity index (χ3v) is 4.23. The summed E-state index contributed by atoms with van der Waals surface area (Å²) in [6.45, 7) is 3.52. The summed E-state index contributed by atoms with van der Waals surface area (Å²) in [6, 6.07) is 17.9. The average molecular weight is 496 g/mol. The topological polar surface area (TPSA) is 74.8 Å². The predicted molar refractivity (Wildman–Crippen MR) is 124 cm³/mol. The number of nitrogens with one attached hydrogen (secondary N) is 3. The first-order chi connectivity index (χ1) is 13.1. The number of hydrogen-bond donors (Lipinski definition) is 3. The van der Waals surface area contributed by atoms with Crippen LogP contribution in [0.5, 0.6) is 5.75 Å². The molecule has 7 heteroatoms. The molecule has 0 saturated carbocycles. The van der Waals surface area contributed by atoms with E-state index >= 15 is 0 Å². The largest absolute Gasteiger partial charge is 0.497 e.